The van der Waals surface area contributed by atoms with Crippen LogP contribution in [0.3, 0.4) is 0 Å². The van der Waals surface area contributed by atoms with Crippen molar-refractivity contribution in [3.05, 3.63) is 142 Å². The van der Waals surface area contributed by atoms with Crippen LogP contribution in [0.25, 0.3) is 11.1 Å². The Balaban J connectivity index is 2.97. The van der Waals surface area contributed by atoms with E-state index in [9.17, 15) is 0 Å². The van der Waals surface area contributed by atoms with Gasteiger partial charge >= 0.3 is 0 Å². The zero-order chi connectivity index (χ0) is 26.8. The molecule has 1 aromatic rings. The van der Waals surface area contributed by atoms with E-state index in [1.165, 1.54) is 16.7 Å². The number of aryl methyl sites for hydroxylation is 2. The highest BCUT2D eigenvalue weighted by Gasteiger charge is 2.16. The molecule has 0 aromatic heterocycles. The molecular weight excluding hydrogens is 434 g/mol. The van der Waals surface area contributed by atoms with Gasteiger partial charge in [0.1, 0.15) is 5.70 Å². The maximum atomic E-state index is 4.44. The summed E-state index contributed by atoms with van der Waals surface area (Å²) in [6, 6.07) is 4.52. The van der Waals surface area contributed by atoms with Gasteiger partial charge < -0.3 is 4.90 Å². The normalized spacial score (nSPS) is 13.0. The third kappa shape index (κ3) is 6.89. The second-order valence-electron chi connectivity index (χ2n) is 9.08. The van der Waals surface area contributed by atoms with E-state index in [1.807, 2.05) is 37.3 Å². The van der Waals surface area contributed by atoms with Crippen molar-refractivity contribution in [3.8, 4) is 0 Å². The largest absolute Gasteiger partial charge is 0.337 e. The molecule has 1 aliphatic carbocycles. The molecule has 36 heavy (non-hydrogen) atoms. The van der Waals surface area contributed by atoms with Gasteiger partial charge in [0.05, 0.1) is 0 Å². The highest BCUT2D eigenvalue weighted by Crippen LogP contribution is 2.33. The highest BCUT2D eigenvalue weighted by molar-refractivity contribution is 5.82. The molecule has 1 aliphatic rings. The lowest BCUT2D eigenvalue weighted by molar-refractivity contribution is 0.548. The molecule has 0 aliphatic heterocycles. The fraction of sp³-hybridized carbons (Fsp3) is 0.257. The molecule has 0 saturated carbocycles. The Morgan fingerprint density at radius 1 is 1.03 bits per heavy atom. The summed E-state index contributed by atoms with van der Waals surface area (Å²) < 4.78 is 0. The molecule has 0 radical (unpaired) electrons. The van der Waals surface area contributed by atoms with Gasteiger partial charge in [0.25, 0.3) is 0 Å². The molecule has 0 N–H and O–H groups in total. The maximum absolute atomic E-state index is 4.44. The van der Waals surface area contributed by atoms with Crippen molar-refractivity contribution in [2.24, 2.45) is 0 Å². The number of hydrogen-bond donors (Lipinski definition) is 0. The van der Waals surface area contributed by atoms with Gasteiger partial charge in [-0.2, -0.15) is 0 Å². The third-order valence-corrected chi connectivity index (χ3v) is 6.46. The Hall–Kier alpha value is -3.76. The summed E-state index contributed by atoms with van der Waals surface area (Å²) in [7, 11) is 2.07. The summed E-state index contributed by atoms with van der Waals surface area (Å²) in [5.41, 5.74) is 19.3. The average Bonchev–Trinajstić information content (AvgIpc) is 3.17. The predicted molar refractivity (Wildman–Crippen MR) is 160 cm³/mol. The molecule has 1 heteroatoms. The van der Waals surface area contributed by atoms with E-state index in [-0.39, 0.29) is 0 Å². The molecule has 0 spiro atoms. The van der Waals surface area contributed by atoms with Crippen molar-refractivity contribution in [1.82, 2.24) is 4.90 Å². The summed E-state index contributed by atoms with van der Waals surface area (Å²) in [5, 5.41) is 0. The van der Waals surface area contributed by atoms with Crippen LogP contribution in [0.1, 0.15) is 62.8 Å². The van der Waals surface area contributed by atoms with E-state index in [1.54, 1.807) is 0 Å². The van der Waals surface area contributed by atoms with Gasteiger partial charge in [-0.05, 0) is 104 Å². The van der Waals surface area contributed by atoms with Crippen LogP contribution in [0.15, 0.2) is 120 Å². The van der Waals surface area contributed by atoms with E-state index < -0.39 is 0 Å². The summed E-state index contributed by atoms with van der Waals surface area (Å²) in [6.07, 6.45) is 17.9. The van der Waals surface area contributed by atoms with Crippen molar-refractivity contribution >= 4 is 11.1 Å². The first-order chi connectivity index (χ1) is 17.2. The number of rotatable bonds is 10. The van der Waals surface area contributed by atoms with Crippen molar-refractivity contribution in [2.75, 3.05) is 7.05 Å². The first kappa shape index (κ1) is 28.5. The zero-order valence-corrected chi connectivity index (χ0v) is 23.3. The smallest absolute Gasteiger partial charge is 0.100 e. The second-order valence-corrected chi connectivity index (χ2v) is 9.08. The summed E-state index contributed by atoms with van der Waals surface area (Å²) in [6.45, 7) is 25.4. The zero-order valence-electron chi connectivity index (χ0n) is 23.3. The maximum Gasteiger partial charge on any atom is 0.100 e. The molecule has 0 unspecified atom stereocenters. The Morgan fingerprint density at radius 2 is 1.69 bits per heavy atom. The molecule has 0 saturated heterocycles. The molecule has 0 fully saturated rings. The van der Waals surface area contributed by atoms with Crippen molar-refractivity contribution in [1.29, 1.82) is 0 Å². The van der Waals surface area contributed by atoms with Crippen LogP contribution in [0, 0.1) is 13.8 Å². The Labute approximate surface area is 219 Å². The van der Waals surface area contributed by atoms with E-state index in [2.05, 4.69) is 108 Å². The molecular formula is C35H41N. The van der Waals surface area contributed by atoms with Gasteiger partial charge in [0.15, 0.2) is 0 Å². The lowest BCUT2D eigenvalue weighted by atomic mass is 9.88. The van der Waals surface area contributed by atoms with Gasteiger partial charge in [0, 0.05) is 23.9 Å². The predicted octanol–water partition coefficient (Wildman–Crippen LogP) is 9.73. The third-order valence-electron chi connectivity index (χ3n) is 6.46. The molecule has 1 nitrogen and oxygen atoms in total. The molecule has 2 rings (SSSR count). The lowest BCUT2D eigenvalue weighted by Gasteiger charge is -2.24. The fourth-order valence-electron chi connectivity index (χ4n) is 4.03. The van der Waals surface area contributed by atoms with Crippen molar-refractivity contribution in [2.45, 2.75) is 54.4 Å². The first-order valence-corrected chi connectivity index (χ1v) is 12.7. The minimum atomic E-state index is 0.833. The quantitative estimate of drug-likeness (QED) is 0.240. The molecule has 1 aromatic carbocycles. The van der Waals surface area contributed by atoms with Crippen molar-refractivity contribution in [3.63, 3.8) is 0 Å². The van der Waals surface area contributed by atoms with Gasteiger partial charge in [-0.15, -0.1) is 5.73 Å². The monoisotopic (exact) mass is 475 g/mol. The van der Waals surface area contributed by atoms with Gasteiger partial charge in [-0.1, -0.05) is 75.8 Å². The fourth-order valence-corrected chi connectivity index (χ4v) is 4.03. The first-order valence-electron chi connectivity index (χ1n) is 12.7. The molecule has 0 heterocycles. The van der Waals surface area contributed by atoms with Crippen LogP contribution < -0.4 is 0 Å². The van der Waals surface area contributed by atoms with E-state index >= 15 is 0 Å². The number of hydrogen-bond acceptors (Lipinski definition) is 1. The topological polar surface area (TPSA) is 3.24 Å². The van der Waals surface area contributed by atoms with E-state index in [0.717, 1.165) is 57.7 Å². The average molecular weight is 476 g/mol. The van der Waals surface area contributed by atoms with Crippen LogP contribution in [-0.4, -0.2) is 11.9 Å². The number of nitrogens with zero attached hydrogens (tertiary/aromatic N) is 1. The summed E-state index contributed by atoms with van der Waals surface area (Å²) in [4.78, 5) is 2.16. The summed E-state index contributed by atoms with van der Waals surface area (Å²) >= 11 is 0. The van der Waals surface area contributed by atoms with Crippen LogP contribution in [-0.2, 0) is 0 Å². The van der Waals surface area contributed by atoms with Gasteiger partial charge in [-0.25, -0.2) is 0 Å². The Bertz CT molecular complexity index is 1300. The van der Waals surface area contributed by atoms with Crippen molar-refractivity contribution < 1.29 is 0 Å². The second kappa shape index (κ2) is 13.4. The number of allylic oxidation sites excluding steroid dienone is 10. The highest BCUT2D eigenvalue weighted by atomic mass is 15.1. The molecule has 0 atom stereocenters. The van der Waals surface area contributed by atoms with Gasteiger partial charge in [-0.3, -0.25) is 0 Å². The molecule has 0 amide bonds. The van der Waals surface area contributed by atoms with Crippen LogP contribution in [0.2, 0.25) is 0 Å². The number of benzene rings is 1. The molecule has 0 bridgehead atoms. The summed E-state index contributed by atoms with van der Waals surface area (Å²) in [5.74, 6) is 0. The minimum absolute atomic E-state index is 0.833. The van der Waals surface area contributed by atoms with Crippen LogP contribution >= 0.6 is 0 Å². The Morgan fingerprint density at radius 3 is 2.31 bits per heavy atom. The molecule has 186 valence electrons. The SMILES string of the molecule is C=C/C(C)=C\C(=C/C)N(C)C(=C=C(C(=C)CC)c1cc(C)c(C(=C)CC)cc1C)C1=C=CC=CC=C1. The minimum Gasteiger partial charge on any atom is -0.337 e. The van der Waals surface area contributed by atoms with Gasteiger partial charge in [0.2, 0.25) is 0 Å². The Kier molecular flexibility index (Phi) is 10.6. The van der Waals surface area contributed by atoms with E-state index in [4.69, 9.17) is 0 Å². The standard InChI is InChI=1S/C35H41N/c1-11-25(5)21-31(14-4)36(10)35(30-19-17-15-16-18-20-30)24-34(27(7)13-3)33-23-28(8)32(22-29(33)9)26(6)12-2/h11,14-19,21-23H,1,6-7,12-13H2,2-5,8-10H3/b25-21-,31-14+. The number of likely N-dealkylation sites (N-methyl/N-ethyl adjacent to an activating group) is 1. The van der Waals surface area contributed by atoms with Crippen LogP contribution in [0.5, 0.6) is 0 Å². The van der Waals surface area contributed by atoms with Crippen LogP contribution in [0.4, 0.5) is 0 Å². The van der Waals surface area contributed by atoms with E-state index in [0.29, 0.717) is 0 Å². The lowest BCUT2D eigenvalue weighted by Crippen LogP contribution is -2.17.